The number of halogens is 1. The largest absolute Gasteiger partial charge is 0.464 e. The first-order valence-corrected chi connectivity index (χ1v) is 6.33. The van der Waals surface area contributed by atoms with Gasteiger partial charge in [0.25, 0.3) is 0 Å². The Balaban J connectivity index is 2.52. The third-order valence-corrected chi connectivity index (χ3v) is 3.62. The van der Waals surface area contributed by atoms with E-state index in [1.165, 1.54) is 18.4 Å². The fourth-order valence-electron chi connectivity index (χ4n) is 1.51. The molecule has 0 unspecified atom stereocenters. The normalized spacial score (nSPS) is 10.4. The second kappa shape index (κ2) is 4.96. The molecule has 0 aliphatic heterocycles. The molecule has 2 N–H and O–H groups in total. The van der Waals surface area contributed by atoms with E-state index in [9.17, 15) is 4.79 Å². The van der Waals surface area contributed by atoms with Crippen LogP contribution in [0.15, 0.2) is 18.2 Å². The summed E-state index contributed by atoms with van der Waals surface area (Å²) in [6.07, 6.45) is 0. The van der Waals surface area contributed by atoms with Crippen molar-refractivity contribution in [2.75, 3.05) is 12.8 Å². The highest BCUT2D eigenvalue weighted by Gasteiger charge is 2.18. The second-order valence-electron chi connectivity index (χ2n) is 3.68. The van der Waals surface area contributed by atoms with E-state index >= 15 is 0 Å². The van der Waals surface area contributed by atoms with Crippen molar-refractivity contribution in [3.05, 3.63) is 34.5 Å². The highest BCUT2D eigenvalue weighted by atomic mass is 35.5. The van der Waals surface area contributed by atoms with E-state index in [0.29, 0.717) is 15.0 Å². The SMILES string of the molecule is COC(=O)c1nc(-c2cc(Cl)ccc2C)sc1N. The molecule has 1 aromatic heterocycles. The van der Waals surface area contributed by atoms with Gasteiger partial charge in [-0.15, -0.1) is 0 Å². The molecular formula is C12H11ClN2O2S. The quantitative estimate of drug-likeness (QED) is 0.860. The summed E-state index contributed by atoms with van der Waals surface area (Å²) in [7, 11) is 1.30. The monoisotopic (exact) mass is 282 g/mol. The lowest BCUT2D eigenvalue weighted by atomic mass is 10.1. The molecule has 1 aromatic carbocycles. The highest BCUT2D eigenvalue weighted by Crippen LogP contribution is 2.33. The minimum Gasteiger partial charge on any atom is -0.464 e. The average Bonchev–Trinajstić information content (AvgIpc) is 2.73. The molecule has 18 heavy (non-hydrogen) atoms. The summed E-state index contributed by atoms with van der Waals surface area (Å²) >= 11 is 7.20. The van der Waals surface area contributed by atoms with Crippen LogP contribution in [0, 0.1) is 6.92 Å². The standard InChI is InChI=1S/C12H11ClN2O2S/c1-6-3-4-7(13)5-8(6)11-15-9(10(14)18-11)12(16)17-2/h3-5H,14H2,1-2H3. The molecule has 0 radical (unpaired) electrons. The van der Waals surface area contributed by atoms with E-state index in [-0.39, 0.29) is 5.69 Å². The van der Waals surface area contributed by atoms with Gasteiger partial charge in [-0.1, -0.05) is 29.0 Å². The molecule has 2 rings (SSSR count). The van der Waals surface area contributed by atoms with Gasteiger partial charge >= 0.3 is 5.97 Å². The zero-order valence-electron chi connectivity index (χ0n) is 9.86. The number of hydrogen-bond acceptors (Lipinski definition) is 5. The Morgan fingerprint density at radius 2 is 2.22 bits per heavy atom. The number of ether oxygens (including phenoxy) is 1. The predicted molar refractivity (Wildman–Crippen MR) is 73.0 cm³/mol. The molecule has 0 bridgehead atoms. The van der Waals surface area contributed by atoms with Crippen LogP contribution in [0.25, 0.3) is 10.6 Å². The number of methoxy groups -OCH3 is 1. The van der Waals surface area contributed by atoms with Gasteiger partial charge in [-0.25, -0.2) is 9.78 Å². The van der Waals surface area contributed by atoms with Crippen LogP contribution in [0.1, 0.15) is 16.1 Å². The Morgan fingerprint density at radius 3 is 2.89 bits per heavy atom. The summed E-state index contributed by atoms with van der Waals surface area (Å²) in [6, 6.07) is 5.50. The smallest absolute Gasteiger partial charge is 0.359 e. The van der Waals surface area contributed by atoms with Crippen LogP contribution in [-0.2, 0) is 4.74 Å². The number of nitrogen functional groups attached to an aromatic ring is 1. The lowest BCUT2D eigenvalue weighted by Crippen LogP contribution is -2.04. The van der Waals surface area contributed by atoms with Gasteiger partial charge in [0.05, 0.1) is 7.11 Å². The predicted octanol–water partition coefficient (Wildman–Crippen LogP) is 3.14. The number of thiazole rings is 1. The zero-order valence-corrected chi connectivity index (χ0v) is 11.4. The van der Waals surface area contributed by atoms with Crippen LogP contribution in [0.2, 0.25) is 5.02 Å². The Bertz CT molecular complexity index is 610. The van der Waals surface area contributed by atoms with Gasteiger partial charge in [0.15, 0.2) is 5.69 Å². The topological polar surface area (TPSA) is 65.2 Å². The fourth-order valence-corrected chi connectivity index (χ4v) is 2.59. The van der Waals surface area contributed by atoms with Crippen molar-refractivity contribution in [1.29, 1.82) is 0 Å². The van der Waals surface area contributed by atoms with Gasteiger partial charge in [-0.2, -0.15) is 0 Å². The van der Waals surface area contributed by atoms with E-state index in [2.05, 4.69) is 9.72 Å². The minimum absolute atomic E-state index is 0.150. The zero-order chi connectivity index (χ0) is 13.3. The van der Waals surface area contributed by atoms with E-state index in [4.69, 9.17) is 17.3 Å². The highest BCUT2D eigenvalue weighted by molar-refractivity contribution is 7.19. The van der Waals surface area contributed by atoms with Crippen molar-refractivity contribution in [3.63, 3.8) is 0 Å². The first kappa shape index (κ1) is 12.9. The summed E-state index contributed by atoms with van der Waals surface area (Å²) in [5.41, 5.74) is 7.80. The van der Waals surface area contributed by atoms with Crippen LogP contribution >= 0.6 is 22.9 Å². The van der Waals surface area contributed by atoms with Crippen molar-refractivity contribution in [2.24, 2.45) is 0 Å². The molecule has 0 saturated carbocycles. The van der Waals surface area contributed by atoms with Crippen LogP contribution < -0.4 is 5.73 Å². The summed E-state index contributed by atoms with van der Waals surface area (Å²) in [5.74, 6) is -0.533. The molecule has 0 atom stereocenters. The average molecular weight is 283 g/mol. The summed E-state index contributed by atoms with van der Waals surface area (Å²) in [5, 5.41) is 1.62. The molecular weight excluding hydrogens is 272 g/mol. The van der Waals surface area contributed by atoms with Crippen molar-refractivity contribution >= 4 is 33.9 Å². The minimum atomic E-state index is -0.533. The van der Waals surface area contributed by atoms with Crippen molar-refractivity contribution in [2.45, 2.75) is 6.92 Å². The van der Waals surface area contributed by atoms with Gasteiger partial charge in [-0.05, 0) is 24.6 Å². The number of nitrogens with two attached hydrogens (primary N) is 1. The number of hydrogen-bond donors (Lipinski definition) is 1. The number of nitrogens with zero attached hydrogens (tertiary/aromatic N) is 1. The van der Waals surface area contributed by atoms with Crippen LogP contribution in [0.4, 0.5) is 5.00 Å². The number of rotatable bonds is 2. The third kappa shape index (κ3) is 2.32. The Kier molecular flexibility index (Phi) is 3.54. The van der Waals surface area contributed by atoms with E-state index in [1.54, 1.807) is 12.1 Å². The van der Waals surface area contributed by atoms with E-state index in [1.807, 2.05) is 13.0 Å². The Labute approximate surface area is 113 Å². The van der Waals surface area contributed by atoms with Crippen LogP contribution in [-0.4, -0.2) is 18.1 Å². The van der Waals surface area contributed by atoms with Gasteiger partial charge in [-0.3, -0.25) is 0 Å². The van der Waals surface area contributed by atoms with Gasteiger partial charge in [0, 0.05) is 10.6 Å². The van der Waals surface area contributed by atoms with Crippen molar-refractivity contribution in [3.8, 4) is 10.6 Å². The molecule has 0 aliphatic rings. The lowest BCUT2D eigenvalue weighted by Gasteiger charge is -2.02. The fraction of sp³-hybridized carbons (Fsp3) is 0.167. The molecule has 6 heteroatoms. The summed E-state index contributed by atoms with van der Waals surface area (Å²) in [4.78, 5) is 15.7. The first-order valence-electron chi connectivity index (χ1n) is 5.14. The Hall–Kier alpha value is -1.59. The molecule has 1 heterocycles. The van der Waals surface area contributed by atoms with E-state index < -0.39 is 5.97 Å². The van der Waals surface area contributed by atoms with Crippen molar-refractivity contribution in [1.82, 2.24) is 4.98 Å². The summed E-state index contributed by atoms with van der Waals surface area (Å²) in [6.45, 7) is 1.95. The second-order valence-corrected chi connectivity index (χ2v) is 5.15. The number of esters is 1. The van der Waals surface area contributed by atoms with Crippen molar-refractivity contribution < 1.29 is 9.53 Å². The lowest BCUT2D eigenvalue weighted by molar-refractivity contribution is 0.0596. The maximum atomic E-state index is 11.4. The maximum absolute atomic E-state index is 11.4. The number of carbonyl (C=O) groups excluding carboxylic acids is 1. The van der Waals surface area contributed by atoms with Gasteiger partial charge in [0.2, 0.25) is 0 Å². The summed E-state index contributed by atoms with van der Waals surface area (Å²) < 4.78 is 4.62. The molecule has 0 spiro atoms. The maximum Gasteiger partial charge on any atom is 0.359 e. The van der Waals surface area contributed by atoms with Gasteiger partial charge in [0.1, 0.15) is 10.0 Å². The Morgan fingerprint density at radius 1 is 1.50 bits per heavy atom. The van der Waals surface area contributed by atoms with Crippen LogP contribution in [0.3, 0.4) is 0 Å². The third-order valence-electron chi connectivity index (χ3n) is 2.46. The number of carbonyl (C=O) groups is 1. The number of aromatic nitrogens is 1. The number of aryl methyl sites for hydroxylation is 1. The van der Waals surface area contributed by atoms with Gasteiger partial charge < -0.3 is 10.5 Å². The molecule has 4 nitrogen and oxygen atoms in total. The molecule has 0 fully saturated rings. The van der Waals surface area contributed by atoms with Crippen LogP contribution in [0.5, 0.6) is 0 Å². The first-order chi connectivity index (χ1) is 8.52. The van der Waals surface area contributed by atoms with E-state index in [0.717, 1.165) is 11.1 Å². The number of benzene rings is 1. The molecule has 0 saturated heterocycles. The molecule has 94 valence electrons. The molecule has 0 amide bonds. The molecule has 0 aliphatic carbocycles. The number of anilines is 1. The molecule has 2 aromatic rings.